The highest BCUT2D eigenvalue weighted by Crippen LogP contribution is 2.33. The minimum absolute atomic E-state index is 0.0344. The summed E-state index contributed by atoms with van der Waals surface area (Å²) in [5.74, 6) is -0.223. The number of amides is 4. The van der Waals surface area contributed by atoms with Crippen molar-refractivity contribution >= 4 is 29.6 Å². The highest BCUT2D eigenvalue weighted by molar-refractivity contribution is 7.99. The van der Waals surface area contributed by atoms with Gasteiger partial charge in [0.15, 0.2) is 11.0 Å². The first-order chi connectivity index (χ1) is 17.1. The van der Waals surface area contributed by atoms with E-state index in [2.05, 4.69) is 25.9 Å². The second-order valence-electron chi connectivity index (χ2n) is 8.65. The maximum atomic E-state index is 12.9. The molecule has 1 saturated heterocycles. The molecule has 3 aromatic rings. The van der Waals surface area contributed by atoms with E-state index in [0.29, 0.717) is 30.4 Å². The molecule has 180 valence electrons. The molecular formula is C24H25N7O3S. The molecule has 2 N–H and O–H groups in total. The molecule has 2 aliphatic rings. The predicted molar refractivity (Wildman–Crippen MR) is 129 cm³/mol. The van der Waals surface area contributed by atoms with E-state index in [1.54, 1.807) is 12.4 Å². The van der Waals surface area contributed by atoms with Crippen molar-refractivity contribution in [1.29, 1.82) is 0 Å². The molecule has 0 bridgehead atoms. The molecule has 1 spiro atoms. The Bertz CT molecular complexity index is 1230. The van der Waals surface area contributed by atoms with E-state index in [4.69, 9.17) is 0 Å². The van der Waals surface area contributed by atoms with Crippen molar-refractivity contribution in [2.24, 2.45) is 0 Å². The predicted octanol–water partition coefficient (Wildman–Crippen LogP) is 2.77. The molecule has 0 radical (unpaired) electrons. The third kappa shape index (κ3) is 4.76. The number of benzene rings is 1. The van der Waals surface area contributed by atoms with Crippen LogP contribution in [0.5, 0.6) is 0 Å². The van der Waals surface area contributed by atoms with Crippen molar-refractivity contribution < 1.29 is 14.4 Å². The van der Waals surface area contributed by atoms with E-state index in [9.17, 15) is 14.4 Å². The largest absolute Gasteiger partial charge is 0.344 e. The summed E-state index contributed by atoms with van der Waals surface area (Å²) < 4.78 is 1.94. The number of nitrogens with one attached hydrogen (secondary N) is 2. The lowest BCUT2D eigenvalue weighted by Crippen LogP contribution is -2.51. The van der Waals surface area contributed by atoms with Gasteiger partial charge in [-0.25, -0.2) is 4.79 Å². The Kier molecular flexibility index (Phi) is 6.49. The Morgan fingerprint density at radius 1 is 1.03 bits per heavy atom. The standard InChI is InChI=1S/C24H25N7O3S/c32-19(29-31-21(33)24(26-22(31)34)11-5-2-6-12-24)16-35-23-28-27-20(18-9-13-25-14-10-18)30(23)15-17-7-3-1-4-8-17/h1,3-4,7-10,13-14H,2,5-6,11-12,15-16H2,(H,26,34)(H,29,32). The van der Waals surface area contributed by atoms with Crippen LogP contribution in [0.2, 0.25) is 0 Å². The van der Waals surface area contributed by atoms with Crippen LogP contribution in [0, 0.1) is 0 Å². The second-order valence-corrected chi connectivity index (χ2v) is 9.59. The molecule has 4 amide bonds. The molecule has 1 aromatic carbocycles. The molecule has 2 fully saturated rings. The third-order valence-electron chi connectivity index (χ3n) is 6.28. The lowest BCUT2D eigenvalue weighted by atomic mass is 9.82. The van der Waals surface area contributed by atoms with Gasteiger partial charge in [-0.3, -0.25) is 24.6 Å². The molecule has 0 unspecified atom stereocenters. The summed E-state index contributed by atoms with van der Waals surface area (Å²) in [4.78, 5) is 42.1. The molecule has 11 heteroatoms. The molecule has 5 rings (SSSR count). The maximum Gasteiger partial charge on any atom is 0.344 e. The molecule has 1 aliphatic carbocycles. The summed E-state index contributed by atoms with van der Waals surface area (Å²) in [5, 5.41) is 12.8. The summed E-state index contributed by atoms with van der Waals surface area (Å²) >= 11 is 1.19. The average molecular weight is 492 g/mol. The number of hydrogen-bond acceptors (Lipinski definition) is 7. The first-order valence-corrected chi connectivity index (χ1v) is 12.5. The van der Waals surface area contributed by atoms with Crippen LogP contribution in [0.4, 0.5) is 4.79 Å². The van der Waals surface area contributed by atoms with Gasteiger partial charge >= 0.3 is 6.03 Å². The summed E-state index contributed by atoms with van der Waals surface area (Å²) in [5.41, 5.74) is 3.51. The zero-order valence-corrected chi connectivity index (χ0v) is 19.8. The summed E-state index contributed by atoms with van der Waals surface area (Å²) in [6.45, 7) is 0.519. The van der Waals surface area contributed by atoms with Gasteiger partial charge in [-0.15, -0.1) is 10.2 Å². The summed E-state index contributed by atoms with van der Waals surface area (Å²) in [6.07, 6.45) is 7.36. The lowest BCUT2D eigenvalue weighted by Gasteiger charge is -2.30. The Balaban J connectivity index is 1.29. The highest BCUT2D eigenvalue weighted by atomic mass is 32.2. The van der Waals surface area contributed by atoms with Gasteiger partial charge in [0.25, 0.3) is 5.91 Å². The van der Waals surface area contributed by atoms with Crippen molar-refractivity contribution in [2.75, 3.05) is 5.75 Å². The first-order valence-electron chi connectivity index (χ1n) is 11.5. The number of hydrazine groups is 1. The van der Waals surface area contributed by atoms with Gasteiger partial charge in [0.2, 0.25) is 5.91 Å². The van der Waals surface area contributed by atoms with Crippen LogP contribution in [0.1, 0.15) is 37.7 Å². The second kappa shape index (κ2) is 9.87. The fourth-order valence-electron chi connectivity index (χ4n) is 4.52. The summed E-state index contributed by atoms with van der Waals surface area (Å²) in [7, 11) is 0. The van der Waals surface area contributed by atoms with Gasteiger partial charge < -0.3 is 5.32 Å². The van der Waals surface area contributed by atoms with Crippen LogP contribution in [0.25, 0.3) is 11.4 Å². The monoisotopic (exact) mass is 491 g/mol. The molecule has 1 saturated carbocycles. The Morgan fingerprint density at radius 3 is 2.51 bits per heavy atom. The van der Waals surface area contributed by atoms with Crippen molar-refractivity contribution in [3.63, 3.8) is 0 Å². The number of carbonyl (C=O) groups is 3. The van der Waals surface area contributed by atoms with Crippen LogP contribution in [-0.4, -0.2) is 53.9 Å². The minimum Gasteiger partial charge on any atom is -0.322 e. The fraction of sp³-hybridized carbons (Fsp3) is 0.333. The number of thioether (sulfide) groups is 1. The molecule has 35 heavy (non-hydrogen) atoms. The van der Waals surface area contributed by atoms with Crippen LogP contribution in [-0.2, 0) is 16.1 Å². The zero-order chi connectivity index (χ0) is 24.3. The number of hydrogen-bond donors (Lipinski definition) is 2. The number of aromatic nitrogens is 4. The van der Waals surface area contributed by atoms with Crippen LogP contribution >= 0.6 is 11.8 Å². The number of imide groups is 1. The van der Waals surface area contributed by atoms with E-state index in [0.717, 1.165) is 35.4 Å². The summed E-state index contributed by atoms with van der Waals surface area (Å²) in [6, 6.07) is 13.0. The van der Waals surface area contributed by atoms with Gasteiger partial charge in [-0.1, -0.05) is 61.4 Å². The van der Waals surface area contributed by atoms with Gasteiger partial charge in [-0.2, -0.15) is 5.01 Å². The van der Waals surface area contributed by atoms with Gasteiger partial charge in [0, 0.05) is 18.0 Å². The Morgan fingerprint density at radius 2 is 1.77 bits per heavy atom. The normalized spacial score (nSPS) is 17.0. The molecule has 1 aliphatic heterocycles. The number of nitrogens with zero attached hydrogens (tertiary/aromatic N) is 5. The molecular weight excluding hydrogens is 466 g/mol. The van der Waals surface area contributed by atoms with Gasteiger partial charge in [0.05, 0.1) is 12.3 Å². The zero-order valence-electron chi connectivity index (χ0n) is 19.0. The van der Waals surface area contributed by atoms with Crippen LogP contribution in [0.15, 0.2) is 60.0 Å². The maximum absolute atomic E-state index is 12.9. The smallest absolute Gasteiger partial charge is 0.322 e. The third-order valence-corrected chi connectivity index (χ3v) is 7.24. The molecule has 10 nitrogen and oxygen atoms in total. The van der Waals surface area contributed by atoms with E-state index < -0.39 is 17.5 Å². The fourth-order valence-corrected chi connectivity index (χ4v) is 5.25. The van der Waals surface area contributed by atoms with Gasteiger partial charge in [-0.05, 0) is 30.5 Å². The van der Waals surface area contributed by atoms with Crippen molar-refractivity contribution in [3.8, 4) is 11.4 Å². The van der Waals surface area contributed by atoms with Gasteiger partial charge in [0.1, 0.15) is 5.54 Å². The number of rotatable bonds is 7. The number of pyridine rings is 1. The lowest BCUT2D eigenvalue weighted by molar-refractivity contribution is -0.139. The van der Waals surface area contributed by atoms with E-state index >= 15 is 0 Å². The first kappa shape index (κ1) is 23.0. The van der Waals surface area contributed by atoms with E-state index in [1.807, 2.05) is 47.0 Å². The quantitative estimate of drug-likeness (QED) is 0.385. The van der Waals surface area contributed by atoms with E-state index in [-0.39, 0.29) is 11.7 Å². The average Bonchev–Trinajstić information content (AvgIpc) is 3.38. The van der Waals surface area contributed by atoms with Crippen LogP contribution in [0.3, 0.4) is 0 Å². The highest BCUT2D eigenvalue weighted by Gasteiger charge is 2.52. The van der Waals surface area contributed by atoms with Crippen molar-refractivity contribution in [1.82, 2.24) is 35.5 Å². The Labute approximate surface area is 206 Å². The molecule has 3 heterocycles. The topological polar surface area (TPSA) is 122 Å². The SMILES string of the molecule is O=C(CSc1nnc(-c2ccncc2)n1Cc1ccccc1)NN1C(=O)NC2(CCCCC2)C1=O. The van der Waals surface area contributed by atoms with E-state index in [1.165, 1.54) is 11.8 Å². The number of urea groups is 1. The number of carbonyl (C=O) groups excluding carboxylic acids is 3. The Hall–Kier alpha value is -3.73. The van der Waals surface area contributed by atoms with Crippen LogP contribution < -0.4 is 10.7 Å². The van der Waals surface area contributed by atoms with Crippen molar-refractivity contribution in [2.45, 2.75) is 49.3 Å². The van der Waals surface area contributed by atoms with Crippen molar-refractivity contribution in [3.05, 3.63) is 60.4 Å². The molecule has 2 aromatic heterocycles. The minimum atomic E-state index is -0.884. The molecule has 0 atom stereocenters.